The van der Waals surface area contributed by atoms with E-state index < -0.39 is 11.6 Å². The van der Waals surface area contributed by atoms with E-state index in [-0.39, 0.29) is 11.7 Å². The molecule has 0 aliphatic rings. The van der Waals surface area contributed by atoms with Crippen molar-refractivity contribution in [3.8, 4) is 0 Å². The molecule has 0 bridgehead atoms. The van der Waals surface area contributed by atoms with Crippen LogP contribution < -0.4 is 5.32 Å². The van der Waals surface area contributed by atoms with Gasteiger partial charge in [-0.05, 0) is 31.2 Å². The van der Waals surface area contributed by atoms with Crippen molar-refractivity contribution in [1.82, 2.24) is 0 Å². The van der Waals surface area contributed by atoms with Crippen LogP contribution in [0.3, 0.4) is 0 Å². The van der Waals surface area contributed by atoms with Gasteiger partial charge in [0.05, 0.1) is 12.3 Å². The highest BCUT2D eigenvalue weighted by atomic mass is 79.9. The fraction of sp³-hybridized carbons (Fsp3) is 0.167. The van der Waals surface area contributed by atoms with Gasteiger partial charge in [0.15, 0.2) is 0 Å². The van der Waals surface area contributed by atoms with E-state index in [2.05, 4.69) is 21.2 Å². The second-order valence-electron chi connectivity index (χ2n) is 3.63. The van der Waals surface area contributed by atoms with Crippen LogP contribution in [-0.4, -0.2) is 0 Å². The average Bonchev–Trinajstić information content (AvgIpc) is 2.76. The van der Waals surface area contributed by atoms with Crippen LogP contribution in [0, 0.1) is 11.6 Å². The second kappa shape index (κ2) is 4.87. The molecule has 1 heterocycles. The summed E-state index contributed by atoms with van der Waals surface area (Å²) in [6.45, 7) is 1.76. The summed E-state index contributed by atoms with van der Waals surface area (Å²) in [6.07, 6.45) is 1.52. The second-order valence-corrected chi connectivity index (χ2v) is 4.54. The molecule has 0 aliphatic heterocycles. The van der Waals surface area contributed by atoms with Gasteiger partial charge in [-0.2, -0.15) is 0 Å². The van der Waals surface area contributed by atoms with Gasteiger partial charge < -0.3 is 9.73 Å². The minimum atomic E-state index is -0.643. The Bertz CT molecular complexity index is 490. The first kappa shape index (κ1) is 12.1. The topological polar surface area (TPSA) is 25.2 Å². The van der Waals surface area contributed by atoms with Crippen LogP contribution in [0.2, 0.25) is 0 Å². The molecule has 0 saturated heterocycles. The van der Waals surface area contributed by atoms with Gasteiger partial charge in [0.1, 0.15) is 23.1 Å². The van der Waals surface area contributed by atoms with Gasteiger partial charge in [0.25, 0.3) is 0 Å². The molecule has 0 saturated carbocycles. The normalized spacial score (nSPS) is 12.5. The zero-order valence-electron chi connectivity index (χ0n) is 9.01. The Morgan fingerprint density at radius 2 is 1.94 bits per heavy atom. The van der Waals surface area contributed by atoms with E-state index in [0.717, 1.165) is 0 Å². The number of rotatable bonds is 3. The van der Waals surface area contributed by atoms with Crippen LogP contribution in [0.25, 0.3) is 0 Å². The molecule has 0 fully saturated rings. The Morgan fingerprint density at radius 3 is 2.47 bits per heavy atom. The molecule has 17 heavy (non-hydrogen) atoms. The number of furan rings is 1. The molecule has 90 valence electrons. The van der Waals surface area contributed by atoms with Crippen molar-refractivity contribution in [3.05, 3.63) is 52.4 Å². The van der Waals surface area contributed by atoms with Crippen molar-refractivity contribution >= 4 is 21.6 Å². The third-order valence-electron chi connectivity index (χ3n) is 2.34. The lowest BCUT2D eigenvalue weighted by Gasteiger charge is -2.14. The molecular formula is C12H10BrF2NO. The van der Waals surface area contributed by atoms with Crippen LogP contribution in [0.5, 0.6) is 0 Å². The summed E-state index contributed by atoms with van der Waals surface area (Å²) >= 11 is 3.03. The SMILES string of the molecule is CC(Nc1c(F)cc(Br)cc1F)c1ccco1. The van der Waals surface area contributed by atoms with Gasteiger partial charge in [-0.15, -0.1) is 0 Å². The molecule has 0 amide bonds. The molecule has 1 atom stereocenters. The lowest BCUT2D eigenvalue weighted by atomic mass is 10.2. The van der Waals surface area contributed by atoms with E-state index in [9.17, 15) is 8.78 Å². The van der Waals surface area contributed by atoms with Gasteiger partial charge in [-0.1, -0.05) is 15.9 Å². The standard InChI is InChI=1S/C12H10BrF2NO/c1-7(11-3-2-4-17-11)16-12-9(14)5-8(13)6-10(12)15/h2-7,16H,1H3. The first-order chi connectivity index (χ1) is 8.08. The molecule has 2 aromatic rings. The molecule has 0 aliphatic carbocycles. The number of hydrogen-bond donors (Lipinski definition) is 1. The van der Waals surface area contributed by atoms with Crippen LogP contribution >= 0.6 is 15.9 Å². The van der Waals surface area contributed by atoms with Crippen LogP contribution in [0.1, 0.15) is 18.7 Å². The molecule has 2 nitrogen and oxygen atoms in total. The third-order valence-corrected chi connectivity index (χ3v) is 2.80. The van der Waals surface area contributed by atoms with Crippen molar-refractivity contribution in [2.75, 3.05) is 5.32 Å². The lowest BCUT2D eigenvalue weighted by molar-refractivity contribution is 0.487. The quantitative estimate of drug-likeness (QED) is 0.903. The van der Waals surface area contributed by atoms with E-state index in [0.29, 0.717) is 10.2 Å². The van der Waals surface area contributed by atoms with Crippen molar-refractivity contribution in [2.24, 2.45) is 0 Å². The fourth-order valence-corrected chi connectivity index (χ4v) is 1.91. The minimum absolute atomic E-state index is 0.155. The molecule has 2 rings (SSSR count). The molecular weight excluding hydrogens is 292 g/mol. The maximum absolute atomic E-state index is 13.6. The highest BCUT2D eigenvalue weighted by Crippen LogP contribution is 2.27. The van der Waals surface area contributed by atoms with Gasteiger partial charge in [-0.25, -0.2) is 8.78 Å². The molecule has 1 aromatic heterocycles. The number of anilines is 1. The lowest BCUT2D eigenvalue weighted by Crippen LogP contribution is -2.08. The Hall–Kier alpha value is -1.36. The summed E-state index contributed by atoms with van der Waals surface area (Å²) < 4.78 is 32.6. The Kier molecular flexibility index (Phi) is 3.47. The van der Waals surface area contributed by atoms with Crippen LogP contribution in [0.15, 0.2) is 39.4 Å². The largest absolute Gasteiger partial charge is 0.467 e. The molecule has 0 spiro atoms. The van der Waals surface area contributed by atoms with Crippen LogP contribution in [0.4, 0.5) is 14.5 Å². The Morgan fingerprint density at radius 1 is 1.29 bits per heavy atom. The molecule has 1 aromatic carbocycles. The van der Waals surface area contributed by atoms with Crippen molar-refractivity contribution in [2.45, 2.75) is 13.0 Å². The average molecular weight is 302 g/mol. The van der Waals surface area contributed by atoms with Gasteiger partial charge in [-0.3, -0.25) is 0 Å². The fourth-order valence-electron chi connectivity index (χ4n) is 1.51. The summed E-state index contributed by atoms with van der Waals surface area (Å²) in [5.41, 5.74) is -0.155. The van der Waals surface area contributed by atoms with Gasteiger partial charge in [0.2, 0.25) is 0 Å². The number of halogens is 3. The Labute approximate surface area is 106 Å². The molecule has 0 radical (unpaired) electrons. The van der Waals surface area contributed by atoms with E-state index in [1.165, 1.54) is 18.4 Å². The van der Waals surface area contributed by atoms with E-state index >= 15 is 0 Å². The van der Waals surface area contributed by atoms with Crippen molar-refractivity contribution in [1.29, 1.82) is 0 Å². The number of hydrogen-bond acceptors (Lipinski definition) is 2. The van der Waals surface area contributed by atoms with E-state index in [4.69, 9.17) is 4.42 Å². The summed E-state index contributed by atoms with van der Waals surface area (Å²) in [5, 5.41) is 2.74. The third kappa shape index (κ3) is 2.66. The molecule has 1 N–H and O–H groups in total. The first-order valence-corrected chi connectivity index (χ1v) is 5.81. The Balaban J connectivity index is 2.25. The molecule has 1 unspecified atom stereocenters. The van der Waals surface area contributed by atoms with Crippen LogP contribution in [-0.2, 0) is 0 Å². The zero-order chi connectivity index (χ0) is 12.4. The highest BCUT2D eigenvalue weighted by molar-refractivity contribution is 9.10. The maximum Gasteiger partial charge on any atom is 0.150 e. The smallest absolute Gasteiger partial charge is 0.150 e. The molecule has 5 heteroatoms. The summed E-state index contributed by atoms with van der Waals surface area (Å²) in [7, 11) is 0. The number of benzene rings is 1. The predicted molar refractivity (Wildman–Crippen MR) is 64.8 cm³/mol. The van der Waals surface area contributed by atoms with E-state index in [1.54, 1.807) is 19.1 Å². The van der Waals surface area contributed by atoms with Crippen molar-refractivity contribution in [3.63, 3.8) is 0 Å². The summed E-state index contributed by atoms with van der Waals surface area (Å²) in [4.78, 5) is 0. The summed E-state index contributed by atoms with van der Waals surface area (Å²) in [5.74, 6) is -0.669. The predicted octanol–water partition coefficient (Wildman–Crippen LogP) is 4.49. The van der Waals surface area contributed by atoms with Gasteiger partial charge in [0, 0.05) is 4.47 Å². The monoisotopic (exact) mass is 301 g/mol. The maximum atomic E-state index is 13.6. The first-order valence-electron chi connectivity index (χ1n) is 5.02. The van der Waals surface area contributed by atoms with Gasteiger partial charge >= 0.3 is 0 Å². The van der Waals surface area contributed by atoms with Crippen molar-refractivity contribution < 1.29 is 13.2 Å². The minimum Gasteiger partial charge on any atom is -0.467 e. The highest BCUT2D eigenvalue weighted by Gasteiger charge is 2.15. The van der Waals surface area contributed by atoms with E-state index in [1.807, 2.05) is 0 Å². The number of nitrogens with one attached hydrogen (secondary N) is 1. The summed E-state index contributed by atoms with van der Waals surface area (Å²) in [6, 6.07) is 5.57. The zero-order valence-corrected chi connectivity index (χ0v) is 10.6.